The molecule has 0 saturated carbocycles. The number of rotatable bonds is 13. The van der Waals surface area contributed by atoms with Gasteiger partial charge in [0, 0.05) is 18.5 Å². The number of alkyl carbamates (subject to hydrolysis) is 1. The molecule has 4 amide bonds. The van der Waals surface area contributed by atoms with Crippen LogP contribution in [0.4, 0.5) is 4.79 Å². The first kappa shape index (κ1) is 31.0. The molecule has 0 fully saturated rings. The summed E-state index contributed by atoms with van der Waals surface area (Å²) in [7, 11) is 0. The van der Waals surface area contributed by atoms with E-state index in [-0.39, 0.29) is 12.8 Å². The largest absolute Gasteiger partial charge is 0.444 e. The lowest BCUT2D eigenvalue weighted by Gasteiger charge is -2.33. The Morgan fingerprint density at radius 1 is 1.19 bits per heavy atom. The number of nitriles is 1. The molecule has 200 valence electrons. The Bertz CT molecular complexity index is 1030. The van der Waals surface area contributed by atoms with Gasteiger partial charge in [0.15, 0.2) is 0 Å². The second kappa shape index (κ2) is 15.1. The quantitative estimate of drug-likeness (QED) is 0.210. The average molecular weight is 512 g/mol. The highest BCUT2D eigenvalue weighted by Gasteiger charge is 2.37. The van der Waals surface area contributed by atoms with Crippen molar-refractivity contribution < 1.29 is 23.9 Å². The number of carbonyl (C=O) groups is 4. The van der Waals surface area contributed by atoms with E-state index in [1.165, 1.54) is 0 Å². The van der Waals surface area contributed by atoms with Gasteiger partial charge >= 0.3 is 6.09 Å². The molecule has 0 aliphatic heterocycles. The molecular formula is C27H37N5O5. The summed E-state index contributed by atoms with van der Waals surface area (Å²) in [6.07, 6.45) is 6.99. The Morgan fingerprint density at radius 2 is 1.86 bits per heavy atom. The predicted octanol–water partition coefficient (Wildman–Crippen LogP) is 2.53. The number of nitrogens with one attached hydrogen (secondary N) is 2. The van der Waals surface area contributed by atoms with Gasteiger partial charge in [0.25, 0.3) is 0 Å². The van der Waals surface area contributed by atoms with E-state index in [0.717, 1.165) is 24.2 Å². The van der Waals surface area contributed by atoms with E-state index in [1.54, 1.807) is 45.0 Å². The number of hydrogen-bond acceptors (Lipinski definition) is 6. The molecule has 10 nitrogen and oxygen atoms in total. The minimum Gasteiger partial charge on any atom is -0.444 e. The van der Waals surface area contributed by atoms with Crippen molar-refractivity contribution in [2.24, 2.45) is 5.73 Å². The van der Waals surface area contributed by atoms with Gasteiger partial charge in [-0.05, 0) is 45.2 Å². The third-order valence-corrected chi connectivity index (χ3v) is 5.24. The Morgan fingerprint density at radius 3 is 2.43 bits per heavy atom. The third-order valence-electron chi connectivity index (χ3n) is 5.24. The van der Waals surface area contributed by atoms with Gasteiger partial charge in [0.05, 0.1) is 6.07 Å². The van der Waals surface area contributed by atoms with E-state index in [1.807, 2.05) is 13.0 Å². The number of unbranched alkanes of at least 4 members (excludes halogenated alkanes) is 2. The molecule has 10 heteroatoms. The van der Waals surface area contributed by atoms with Gasteiger partial charge < -0.3 is 26.0 Å². The maximum Gasteiger partial charge on any atom is 0.408 e. The van der Waals surface area contributed by atoms with E-state index in [2.05, 4.69) is 16.6 Å². The number of hydrogen-bond donors (Lipinski definition) is 3. The molecule has 0 bridgehead atoms. The van der Waals surface area contributed by atoms with Gasteiger partial charge in [-0.25, -0.2) is 4.79 Å². The van der Waals surface area contributed by atoms with E-state index in [4.69, 9.17) is 16.9 Å². The zero-order valence-corrected chi connectivity index (χ0v) is 22.0. The van der Waals surface area contributed by atoms with Crippen LogP contribution in [0.1, 0.15) is 77.0 Å². The fourth-order valence-corrected chi connectivity index (χ4v) is 3.57. The van der Waals surface area contributed by atoms with E-state index < -0.39 is 48.0 Å². The van der Waals surface area contributed by atoms with Crippen molar-refractivity contribution in [1.29, 1.82) is 5.26 Å². The average Bonchev–Trinajstić information content (AvgIpc) is 2.82. The smallest absolute Gasteiger partial charge is 0.408 e. The molecule has 2 atom stereocenters. The molecule has 1 rings (SSSR count). The standard InChI is InChI=1S/C27H37N5O5/c1-6-8-11-17-30-24(34)23(20-13-10-9-12-19(20)7-2)32(18-16-28)25(35)21(14-15-22(29)33)31-26(36)37-27(3,4)5/h2,9-10,12-13,21,23H,6,8,11,14-15,17-18H2,1,3-5H3,(H2,29,33)(H,30,34)(H,31,36). The second-order valence-corrected chi connectivity index (χ2v) is 9.46. The van der Waals surface area contributed by atoms with Gasteiger partial charge in [-0.15, -0.1) is 6.42 Å². The number of nitrogens with two attached hydrogens (primary N) is 1. The van der Waals surface area contributed by atoms with Crippen LogP contribution in [-0.4, -0.2) is 53.4 Å². The monoisotopic (exact) mass is 511 g/mol. The Labute approximate surface area is 218 Å². The summed E-state index contributed by atoms with van der Waals surface area (Å²) in [5.74, 6) is 0.561. The van der Waals surface area contributed by atoms with E-state index in [9.17, 15) is 24.4 Å². The topological polar surface area (TPSA) is 155 Å². The highest BCUT2D eigenvalue weighted by Crippen LogP contribution is 2.26. The summed E-state index contributed by atoms with van der Waals surface area (Å²) < 4.78 is 5.26. The first-order chi connectivity index (χ1) is 17.4. The van der Waals surface area contributed by atoms with Crippen LogP contribution in [0.15, 0.2) is 24.3 Å². The lowest BCUT2D eigenvalue weighted by atomic mass is 9.97. The molecule has 0 aliphatic rings. The number of terminal acetylenes is 1. The van der Waals surface area contributed by atoms with Crippen molar-refractivity contribution in [3.05, 3.63) is 35.4 Å². The molecule has 0 spiro atoms. The number of carbonyl (C=O) groups excluding carboxylic acids is 4. The van der Waals surface area contributed by atoms with Crippen molar-refractivity contribution >= 4 is 23.8 Å². The third kappa shape index (κ3) is 10.6. The van der Waals surface area contributed by atoms with Gasteiger partial charge in [0.2, 0.25) is 17.7 Å². The Balaban J connectivity index is 3.47. The van der Waals surface area contributed by atoms with Gasteiger partial charge in [-0.2, -0.15) is 5.26 Å². The fourth-order valence-electron chi connectivity index (χ4n) is 3.57. The normalized spacial score (nSPS) is 12.3. The van der Waals surface area contributed by atoms with Gasteiger partial charge in [-0.3, -0.25) is 14.4 Å². The summed E-state index contributed by atoms with van der Waals surface area (Å²) in [6.45, 7) is 6.90. The van der Waals surface area contributed by atoms with Crippen molar-refractivity contribution in [1.82, 2.24) is 15.5 Å². The van der Waals surface area contributed by atoms with Crippen LogP contribution in [0.3, 0.4) is 0 Å². The van der Waals surface area contributed by atoms with Crippen LogP contribution < -0.4 is 16.4 Å². The first-order valence-corrected chi connectivity index (χ1v) is 12.2. The summed E-state index contributed by atoms with van der Waals surface area (Å²) in [6, 6.07) is 5.99. The summed E-state index contributed by atoms with van der Waals surface area (Å²) in [4.78, 5) is 52.2. The van der Waals surface area contributed by atoms with Crippen molar-refractivity contribution in [3.63, 3.8) is 0 Å². The van der Waals surface area contributed by atoms with Gasteiger partial charge in [-0.1, -0.05) is 43.9 Å². The maximum atomic E-state index is 13.8. The van der Waals surface area contributed by atoms with Crippen LogP contribution in [0.2, 0.25) is 0 Å². The maximum absolute atomic E-state index is 13.8. The lowest BCUT2D eigenvalue weighted by molar-refractivity contribution is -0.142. The molecule has 0 saturated heterocycles. The molecular weight excluding hydrogens is 474 g/mol. The number of benzene rings is 1. The SMILES string of the molecule is C#Cc1ccccc1C(C(=O)NCCCCC)N(CC#N)C(=O)C(CCC(N)=O)NC(=O)OC(C)(C)C. The minimum atomic E-state index is -1.29. The lowest BCUT2D eigenvalue weighted by Crippen LogP contribution is -2.53. The zero-order valence-electron chi connectivity index (χ0n) is 22.0. The van der Waals surface area contributed by atoms with Crippen LogP contribution in [0.5, 0.6) is 0 Å². The molecule has 0 aromatic heterocycles. The number of nitrogens with zero attached hydrogens (tertiary/aromatic N) is 2. The van der Waals surface area contributed by atoms with Crippen LogP contribution in [0, 0.1) is 23.7 Å². The summed E-state index contributed by atoms with van der Waals surface area (Å²) in [5.41, 5.74) is 5.16. The summed E-state index contributed by atoms with van der Waals surface area (Å²) >= 11 is 0. The van der Waals surface area contributed by atoms with Crippen molar-refractivity contribution in [3.8, 4) is 18.4 Å². The van der Waals surface area contributed by atoms with E-state index >= 15 is 0 Å². The number of ether oxygens (including phenoxy) is 1. The Kier molecular flexibility index (Phi) is 12.7. The molecule has 1 aromatic rings. The predicted molar refractivity (Wildman–Crippen MR) is 139 cm³/mol. The summed E-state index contributed by atoms with van der Waals surface area (Å²) in [5, 5.41) is 14.9. The molecule has 2 unspecified atom stereocenters. The second-order valence-electron chi connectivity index (χ2n) is 9.46. The van der Waals surface area contributed by atoms with Crippen LogP contribution in [-0.2, 0) is 19.1 Å². The van der Waals surface area contributed by atoms with Crippen LogP contribution in [0.25, 0.3) is 0 Å². The molecule has 0 radical (unpaired) electrons. The highest BCUT2D eigenvalue weighted by molar-refractivity contribution is 5.93. The van der Waals surface area contributed by atoms with Crippen molar-refractivity contribution in [2.75, 3.05) is 13.1 Å². The van der Waals surface area contributed by atoms with Crippen molar-refractivity contribution in [2.45, 2.75) is 77.5 Å². The van der Waals surface area contributed by atoms with Crippen LogP contribution >= 0.6 is 0 Å². The highest BCUT2D eigenvalue weighted by atomic mass is 16.6. The fraction of sp³-hybridized carbons (Fsp3) is 0.519. The van der Waals surface area contributed by atoms with Gasteiger partial charge in [0.1, 0.15) is 24.2 Å². The molecule has 0 aliphatic carbocycles. The minimum absolute atomic E-state index is 0.156. The molecule has 1 aromatic carbocycles. The molecule has 4 N–H and O–H groups in total. The Hall–Kier alpha value is -4.05. The number of primary amides is 1. The first-order valence-electron chi connectivity index (χ1n) is 12.2. The molecule has 0 heterocycles. The van der Waals surface area contributed by atoms with E-state index in [0.29, 0.717) is 17.7 Å². The molecule has 37 heavy (non-hydrogen) atoms. The number of amides is 4. The zero-order chi connectivity index (χ0) is 28.0.